The van der Waals surface area contributed by atoms with Crippen LogP contribution in [0.5, 0.6) is 0 Å². The Hall–Kier alpha value is -0.560. The number of hydrogen-bond acceptors (Lipinski definition) is 1. The monoisotopic (exact) mass is 179 g/mol. The van der Waals surface area contributed by atoms with Gasteiger partial charge >= 0.3 is 0 Å². The van der Waals surface area contributed by atoms with Crippen LogP contribution in [0.2, 0.25) is 0 Å². The number of hydrogen-bond donors (Lipinski definition) is 1. The van der Waals surface area contributed by atoms with Crippen molar-refractivity contribution in [3.8, 4) is 0 Å². The number of nitrogens with one attached hydrogen (secondary N) is 1. The van der Waals surface area contributed by atoms with Crippen LogP contribution in [0, 0.1) is 5.41 Å². The van der Waals surface area contributed by atoms with Crippen LogP contribution in [0.25, 0.3) is 0 Å². The van der Waals surface area contributed by atoms with Gasteiger partial charge in [0.15, 0.2) is 0 Å². The molecule has 0 fully saturated rings. The van der Waals surface area contributed by atoms with E-state index in [0.29, 0.717) is 17.5 Å². The standard InChI is InChI=1S/C12H21N/c1-5-7-10-8-6-9-11(13-10)12(2,3)4/h5-6,9-11,13H,1,7-8H2,2-4H3/t10-,11+/m1/s1. The van der Waals surface area contributed by atoms with Crippen LogP contribution in [0.1, 0.15) is 33.6 Å². The Morgan fingerprint density at radius 1 is 1.54 bits per heavy atom. The molecule has 0 aromatic rings. The van der Waals surface area contributed by atoms with Crippen LogP contribution in [0.15, 0.2) is 24.8 Å². The summed E-state index contributed by atoms with van der Waals surface area (Å²) < 4.78 is 0. The van der Waals surface area contributed by atoms with E-state index in [1.165, 1.54) is 0 Å². The molecule has 0 aromatic carbocycles. The Labute approximate surface area is 81.9 Å². The maximum Gasteiger partial charge on any atom is 0.0301 e. The van der Waals surface area contributed by atoms with E-state index in [-0.39, 0.29) is 0 Å². The maximum absolute atomic E-state index is 3.78. The maximum atomic E-state index is 3.78. The summed E-state index contributed by atoms with van der Waals surface area (Å²) in [4.78, 5) is 0. The molecule has 74 valence electrons. The minimum atomic E-state index is 0.316. The zero-order valence-corrected chi connectivity index (χ0v) is 9.01. The first-order chi connectivity index (χ1) is 6.04. The van der Waals surface area contributed by atoms with E-state index in [1.54, 1.807) is 0 Å². The molecule has 2 atom stereocenters. The Balaban J connectivity index is 2.56. The lowest BCUT2D eigenvalue weighted by molar-refractivity contribution is 0.278. The highest BCUT2D eigenvalue weighted by Gasteiger charge is 2.25. The zero-order chi connectivity index (χ0) is 9.90. The van der Waals surface area contributed by atoms with Crippen molar-refractivity contribution in [1.29, 1.82) is 0 Å². The molecule has 0 bridgehead atoms. The van der Waals surface area contributed by atoms with Gasteiger partial charge in [0.05, 0.1) is 0 Å². The van der Waals surface area contributed by atoms with Gasteiger partial charge < -0.3 is 5.32 Å². The molecule has 0 spiro atoms. The molecule has 1 heteroatoms. The first kappa shape index (κ1) is 10.5. The van der Waals surface area contributed by atoms with Crippen LogP contribution in [-0.4, -0.2) is 12.1 Å². The van der Waals surface area contributed by atoms with Crippen LogP contribution < -0.4 is 5.32 Å². The largest absolute Gasteiger partial charge is 0.307 e. The van der Waals surface area contributed by atoms with E-state index < -0.39 is 0 Å². The van der Waals surface area contributed by atoms with E-state index in [4.69, 9.17) is 0 Å². The zero-order valence-electron chi connectivity index (χ0n) is 9.01. The summed E-state index contributed by atoms with van der Waals surface area (Å²) in [6.07, 6.45) is 8.78. The first-order valence-electron chi connectivity index (χ1n) is 5.07. The van der Waals surface area contributed by atoms with Crippen LogP contribution >= 0.6 is 0 Å². The topological polar surface area (TPSA) is 12.0 Å². The summed E-state index contributed by atoms with van der Waals surface area (Å²) in [6, 6.07) is 1.10. The van der Waals surface area contributed by atoms with Gasteiger partial charge in [-0.15, -0.1) is 6.58 Å². The molecule has 0 saturated carbocycles. The van der Waals surface area contributed by atoms with E-state index >= 15 is 0 Å². The van der Waals surface area contributed by atoms with E-state index in [1.807, 2.05) is 6.08 Å². The average Bonchev–Trinajstić information content (AvgIpc) is 2.04. The normalized spacial score (nSPS) is 28.8. The van der Waals surface area contributed by atoms with Gasteiger partial charge in [-0.05, 0) is 18.3 Å². The predicted molar refractivity (Wildman–Crippen MR) is 58.7 cm³/mol. The van der Waals surface area contributed by atoms with Crippen LogP contribution in [-0.2, 0) is 0 Å². The van der Waals surface area contributed by atoms with Crippen molar-refractivity contribution in [2.24, 2.45) is 5.41 Å². The summed E-state index contributed by atoms with van der Waals surface area (Å²) in [5.74, 6) is 0. The lowest BCUT2D eigenvalue weighted by atomic mass is 9.84. The third-order valence-corrected chi connectivity index (χ3v) is 2.55. The van der Waals surface area contributed by atoms with Crippen molar-refractivity contribution in [2.45, 2.75) is 45.7 Å². The van der Waals surface area contributed by atoms with E-state index in [0.717, 1.165) is 12.8 Å². The second-order valence-corrected chi connectivity index (χ2v) is 4.90. The van der Waals surface area contributed by atoms with Crippen LogP contribution in [0.3, 0.4) is 0 Å². The van der Waals surface area contributed by atoms with Crippen molar-refractivity contribution >= 4 is 0 Å². The minimum Gasteiger partial charge on any atom is -0.307 e. The summed E-state index contributed by atoms with van der Waals surface area (Å²) in [5.41, 5.74) is 0.316. The van der Waals surface area contributed by atoms with Gasteiger partial charge in [-0.1, -0.05) is 39.0 Å². The Kier molecular flexibility index (Phi) is 3.32. The van der Waals surface area contributed by atoms with E-state index in [2.05, 4.69) is 44.8 Å². The highest BCUT2D eigenvalue weighted by atomic mass is 15.0. The second kappa shape index (κ2) is 4.10. The molecule has 0 saturated heterocycles. The molecule has 0 aliphatic carbocycles. The molecule has 1 N–H and O–H groups in total. The molecule has 13 heavy (non-hydrogen) atoms. The molecule has 0 aromatic heterocycles. The van der Waals surface area contributed by atoms with Gasteiger partial charge in [0.2, 0.25) is 0 Å². The quantitative estimate of drug-likeness (QED) is 0.643. The van der Waals surface area contributed by atoms with Gasteiger partial charge in [0.25, 0.3) is 0 Å². The third-order valence-electron chi connectivity index (χ3n) is 2.55. The number of rotatable bonds is 2. The van der Waals surface area contributed by atoms with Crippen molar-refractivity contribution in [3.05, 3.63) is 24.8 Å². The summed E-state index contributed by atoms with van der Waals surface area (Å²) in [6.45, 7) is 10.6. The van der Waals surface area contributed by atoms with Crippen molar-refractivity contribution in [3.63, 3.8) is 0 Å². The van der Waals surface area contributed by atoms with Gasteiger partial charge in [-0.25, -0.2) is 0 Å². The predicted octanol–water partition coefficient (Wildman–Crippen LogP) is 2.90. The Morgan fingerprint density at radius 2 is 2.23 bits per heavy atom. The molecule has 1 nitrogen and oxygen atoms in total. The fraction of sp³-hybridized carbons (Fsp3) is 0.667. The lowest BCUT2D eigenvalue weighted by Gasteiger charge is -2.35. The minimum absolute atomic E-state index is 0.316. The molecular formula is C12H21N. The third kappa shape index (κ3) is 3.00. The summed E-state index contributed by atoms with van der Waals surface area (Å²) >= 11 is 0. The van der Waals surface area contributed by atoms with Crippen molar-refractivity contribution in [2.75, 3.05) is 0 Å². The Morgan fingerprint density at radius 3 is 2.77 bits per heavy atom. The second-order valence-electron chi connectivity index (χ2n) is 4.90. The van der Waals surface area contributed by atoms with Gasteiger partial charge in [-0.2, -0.15) is 0 Å². The lowest BCUT2D eigenvalue weighted by Crippen LogP contribution is -2.46. The summed E-state index contributed by atoms with van der Waals surface area (Å²) in [7, 11) is 0. The molecule has 0 unspecified atom stereocenters. The molecule has 1 aliphatic rings. The fourth-order valence-corrected chi connectivity index (χ4v) is 1.66. The fourth-order valence-electron chi connectivity index (χ4n) is 1.66. The average molecular weight is 179 g/mol. The van der Waals surface area contributed by atoms with Crippen molar-refractivity contribution < 1.29 is 0 Å². The molecule has 1 aliphatic heterocycles. The molecule has 1 heterocycles. The molecule has 1 rings (SSSR count). The highest BCUT2D eigenvalue weighted by Crippen LogP contribution is 2.24. The SMILES string of the molecule is C=CC[C@@H]1CC=C[C@@H](C(C)(C)C)N1. The van der Waals surface area contributed by atoms with E-state index in [9.17, 15) is 0 Å². The van der Waals surface area contributed by atoms with Gasteiger partial charge in [0, 0.05) is 12.1 Å². The van der Waals surface area contributed by atoms with Gasteiger partial charge in [-0.3, -0.25) is 0 Å². The smallest absolute Gasteiger partial charge is 0.0301 e. The van der Waals surface area contributed by atoms with Gasteiger partial charge in [0.1, 0.15) is 0 Å². The molecular weight excluding hydrogens is 158 g/mol. The molecule has 0 radical (unpaired) electrons. The van der Waals surface area contributed by atoms with Crippen molar-refractivity contribution in [1.82, 2.24) is 5.32 Å². The van der Waals surface area contributed by atoms with Crippen LogP contribution in [0.4, 0.5) is 0 Å². The highest BCUT2D eigenvalue weighted by molar-refractivity contribution is 5.06. The molecule has 0 amide bonds. The Bertz CT molecular complexity index is 198. The first-order valence-corrected chi connectivity index (χ1v) is 5.07. The summed E-state index contributed by atoms with van der Waals surface area (Å²) in [5, 5.41) is 3.64.